The number of amides is 1. The predicted octanol–water partition coefficient (Wildman–Crippen LogP) is 5.59. The lowest BCUT2D eigenvalue weighted by Gasteiger charge is -2.20. The molecule has 204 valence electrons. The number of pyridine rings is 1. The lowest BCUT2D eigenvalue weighted by atomic mass is 10.1. The third-order valence-corrected chi connectivity index (χ3v) is 7.11. The number of hydrogen-bond acceptors (Lipinski definition) is 8. The molecule has 2 heterocycles. The van der Waals surface area contributed by atoms with Gasteiger partial charge in [-0.1, -0.05) is 18.2 Å². The first kappa shape index (κ1) is 26.9. The van der Waals surface area contributed by atoms with Gasteiger partial charge in [-0.05, 0) is 47.3 Å². The van der Waals surface area contributed by atoms with Gasteiger partial charge < -0.3 is 20.9 Å². The van der Waals surface area contributed by atoms with E-state index in [1.54, 1.807) is 31.7 Å². The second-order valence-electron chi connectivity index (χ2n) is 9.16. The van der Waals surface area contributed by atoms with E-state index in [9.17, 15) is 27.6 Å². The molecule has 0 saturated heterocycles. The van der Waals surface area contributed by atoms with E-state index in [1.807, 2.05) is 30.3 Å². The topological polar surface area (TPSA) is 103 Å². The van der Waals surface area contributed by atoms with Gasteiger partial charge in [0.05, 0.1) is 16.8 Å². The van der Waals surface area contributed by atoms with Gasteiger partial charge in [-0.15, -0.1) is 11.3 Å². The molecule has 0 bridgehead atoms. The van der Waals surface area contributed by atoms with Gasteiger partial charge in [-0.2, -0.15) is 13.2 Å². The Bertz CT molecular complexity index is 1800. The van der Waals surface area contributed by atoms with Crippen LogP contribution in [0, 0.1) is 0 Å². The molecule has 3 N–H and O–H groups in total. The molecule has 0 saturated carbocycles. The van der Waals surface area contributed by atoms with Crippen LogP contribution < -0.4 is 31.7 Å². The zero-order chi connectivity index (χ0) is 28.6. The summed E-state index contributed by atoms with van der Waals surface area (Å²) in [5.41, 5.74) is -0.563. The van der Waals surface area contributed by atoms with Crippen molar-refractivity contribution >= 4 is 56.6 Å². The van der Waals surface area contributed by atoms with E-state index in [1.165, 1.54) is 11.0 Å². The largest absolute Gasteiger partial charge is 0.416 e. The molecule has 0 fully saturated rings. The van der Waals surface area contributed by atoms with E-state index >= 15 is 0 Å². The van der Waals surface area contributed by atoms with Gasteiger partial charge in [0.2, 0.25) is 0 Å². The summed E-state index contributed by atoms with van der Waals surface area (Å²) in [6, 6.07) is 14.1. The quantitative estimate of drug-likeness (QED) is 0.211. The molecular formula is C28H22F3N5O3S. The fourth-order valence-corrected chi connectivity index (χ4v) is 5.08. The molecule has 8 nitrogen and oxygen atoms in total. The van der Waals surface area contributed by atoms with Crippen LogP contribution in [0.1, 0.15) is 20.8 Å². The van der Waals surface area contributed by atoms with E-state index < -0.39 is 28.5 Å². The minimum absolute atomic E-state index is 0.0595. The molecule has 5 aromatic rings. The highest BCUT2D eigenvalue weighted by Gasteiger charge is 2.32. The number of halogens is 3. The molecule has 0 aliphatic carbocycles. The summed E-state index contributed by atoms with van der Waals surface area (Å²) in [5, 5.41) is 11.0. The maximum atomic E-state index is 13.7. The summed E-state index contributed by atoms with van der Waals surface area (Å²) in [5.74, 6) is -0.606. The van der Waals surface area contributed by atoms with Crippen LogP contribution in [0.3, 0.4) is 0 Å². The number of nitrogens with zero attached hydrogens (tertiary/aromatic N) is 2. The Kier molecular flexibility index (Phi) is 7.03. The molecule has 3 aromatic carbocycles. The van der Waals surface area contributed by atoms with E-state index in [0.29, 0.717) is 12.2 Å². The van der Waals surface area contributed by atoms with E-state index in [-0.39, 0.29) is 27.6 Å². The van der Waals surface area contributed by atoms with Crippen LogP contribution in [0.2, 0.25) is 0 Å². The maximum Gasteiger partial charge on any atom is 0.416 e. The summed E-state index contributed by atoms with van der Waals surface area (Å²) in [6.45, 7) is 0.397. The van der Waals surface area contributed by atoms with Gasteiger partial charge in [-0.3, -0.25) is 19.4 Å². The first-order chi connectivity index (χ1) is 19.0. The van der Waals surface area contributed by atoms with Gasteiger partial charge in [-0.25, -0.2) is 0 Å². The van der Waals surface area contributed by atoms with Gasteiger partial charge in [0.25, 0.3) is 16.8 Å². The molecule has 40 heavy (non-hydrogen) atoms. The molecule has 0 aliphatic heterocycles. The zero-order valence-corrected chi connectivity index (χ0v) is 22.0. The number of benzene rings is 2. The Labute approximate surface area is 229 Å². The first-order valence-electron chi connectivity index (χ1n) is 12.0. The zero-order valence-electron chi connectivity index (χ0n) is 21.2. The van der Waals surface area contributed by atoms with Crippen molar-refractivity contribution in [1.82, 2.24) is 4.98 Å². The van der Waals surface area contributed by atoms with Crippen LogP contribution in [0.4, 0.5) is 41.6 Å². The number of carbonyl (C=O) groups is 1. The summed E-state index contributed by atoms with van der Waals surface area (Å²) >= 11 is 1.14. The van der Waals surface area contributed by atoms with Crippen LogP contribution in [0.15, 0.2) is 75.8 Å². The highest BCUT2D eigenvalue weighted by molar-refractivity contribution is 7.12. The van der Waals surface area contributed by atoms with E-state index in [4.69, 9.17) is 0 Å². The Morgan fingerprint density at radius 1 is 1.00 bits per heavy atom. The highest BCUT2D eigenvalue weighted by Crippen LogP contribution is 2.35. The lowest BCUT2D eigenvalue weighted by molar-refractivity contribution is -0.137. The molecule has 0 radical (unpaired) electrons. The minimum atomic E-state index is -4.72. The summed E-state index contributed by atoms with van der Waals surface area (Å²) in [4.78, 5) is 43.1. The van der Waals surface area contributed by atoms with Crippen LogP contribution in [0.25, 0.3) is 10.9 Å². The van der Waals surface area contributed by atoms with Crippen molar-refractivity contribution in [2.24, 2.45) is 0 Å². The number of carbonyl (C=O) groups excluding carboxylic acids is 1. The standard InChI is InChI=1S/C28H22F3N5O3S/c1-36(2)23-22(24(37)25(23)38)34-17-11-16(28(29,30)31)12-18(13-17)35-27(39)26-21(8-10-40-26)33-14-15-7-9-32-20-6-4-3-5-19(15)20/h3-13,33-34H,14H2,1-2H3,(H,35,39). The van der Waals surface area contributed by atoms with Crippen LogP contribution in [0.5, 0.6) is 0 Å². The van der Waals surface area contributed by atoms with Crippen molar-refractivity contribution in [2.75, 3.05) is 34.9 Å². The number of alkyl halides is 3. The third-order valence-electron chi connectivity index (χ3n) is 6.20. The predicted molar refractivity (Wildman–Crippen MR) is 152 cm³/mol. The molecule has 0 atom stereocenters. The van der Waals surface area contributed by atoms with Gasteiger partial charge in [0.15, 0.2) is 0 Å². The third kappa shape index (κ3) is 5.25. The second-order valence-corrected chi connectivity index (χ2v) is 10.1. The highest BCUT2D eigenvalue weighted by atomic mass is 32.1. The van der Waals surface area contributed by atoms with Crippen molar-refractivity contribution in [1.29, 1.82) is 0 Å². The molecule has 1 amide bonds. The number of hydrogen-bond donors (Lipinski definition) is 3. The van der Waals surface area contributed by atoms with Crippen molar-refractivity contribution in [3.63, 3.8) is 0 Å². The Hall–Kier alpha value is -4.71. The molecule has 0 unspecified atom stereocenters. The average molecular weight is 566 g/mol. The van der Waals surface area contributed by atoms with Crippen molar-refractivity contribution in [3.8, 4) is 0 Å². The van der Waals surface area contributed by atoms with E-state index in [0.717, 1.165) is 39.9 Å². The number of anilines is 5. The molecule has 12 heteroatoms. The number of rotatable bonds is 8. The smallest absolute Gasteiger partial charge is 0.380 e. The molecule has 2 aromatic heterocycles. The average Bonchev–Trinajstić information content (AvgIpc) is 3.39. The summed E-state index contributed by atoms with van der Waals surface area (Å²) in [7, 11) is 3.09. The second kappa shape index (κ2) is 10.5. The summed E-state index contributed by atoms with van der Waals surface area (Å²) in [6.07, 6.45) is -3.03. The number of nitrogens with one attached hydrogen (secondary N) is 3. The molecular weight excluding hydrogens is 543 g/mol. The van der Waals surface area contributed by atoms with Crippen LogP contribution in [-0.4, -0.2) is 25.0 Å². The van der Waals surface area contributed by atoms with Gasteiger partial charge in [0, 0.05) is 43.6 Å². The van der Waals surface area contributed by atoms with Crippen LogP contribution >= 0.6 is 11.3 Å². The maximum absolute atomic E-state index is 13.7. The van der Waals surface area contributed by atoms with Crippen molar-refractivity contribution in [3.05, 3.63) is 103 Å². The fourth-order valence-electron chi connectivity index (χ4n) is 4.31. The Morgan fingerprint density at radius 3 is 2.50 bits per heavy atom. The SMILES string of the molecule is CN(C)c1c(Nc2cc(NC(=O)c3sccc3NCc3ccnc4ccccc34)cc(C(F)(F)F)c2)c(=O)c1=O. The fraction of sp³-hybridized carbons (Fsp3) is 0.143. The molecule has 0 spiro atoms. The molecule has 5 rings (SSSR count). The number of thiophene rings is 1. The van der Waals surface area contributed by atoms with Gasteiger partial charge >= 0.3 is 6.18 Å². The number of para-hydroxylation sites is 1. The number of fused-ring (bicyclic) bond motifs is 1. The first-order valence-corrected chi connectivity index (χ1v) is 12.9. The Morgan fingerprint density at radius 2 is 1.75 bits per heavy atom. The lowest BCUT2D eigenvalue weighted by Crippen LogP contribution is -2.39. The van der Waals surface area contributed by atoms with E-state index in [2.05, 4.69) is 20.9 Å². The number of aromatic nitrogens is 1. The van der Waals surface area contributed by atoms with Gasteiger partial charge in [0.1, 0.15) is 16.3 Å². The molecule has 0 aliphatic rings. The monoisotopic (exact) mass is 565 g/mol. The van der Waals surface area contributed by atoms with Crippen molar-refractivity contribution < 1.29 is 18.0 Å². The normalized spacial score (nSPS) is 11.5. The summed E-state index contributed by atoms with van der Waals surface area (Å²) < 4.78 is 41.0. The van der Waals surface area contributed by atoms with Crippen LogP contribution in [-0.2, 0) is 12.7 Å². The minimum Gasteiger partial charge on any atom is -0.380 e. The van der Waals surface area contributed by atoms with Crippen molar-refractivity contribution in [2.45, 2.75) is 12.7 Å². The Balaban J connectivity index is 1.38.